The molecule has 4 amide bonds. The lowest BCUT2D eigenvalue weighted by molar-refractivity contribution is -0.139. The van der Waals surface area contributed by atoms with Crippen LogP contribution in [0.4, 0.5) is 29.7 Å². The summed E-state index contributed by atoms with van der Waals surface area (Å²) in [6.45, 7) is 9.10. The van der Waals surface area contributed by atoms with Gasteiger partial charge in [-0.1, -0.05) is 39.8 Å². The SMILES string of the molecule is COC(=O)N[C@H](C(=O)N1C[C@@H](OC)C[C@H]1c1nc2ccc([C@H]3CC[C@H](c4ccc5nc([C@@H]6C[C@H](OC)CN6C(=O)[C@H](C(C)C)N(C)C(=O)O)[nH]c5c4)N3c3cc(F)c(N4CCCCC4)c(F)c3)cc2[nH]1)C(C)C. The van der Waals surface area contributed by atoms with Gasteiger partial charge in [-0.3, -0.25) is 14.5 Å². The number of likely N-dealkylation sites (N-methyl/N-ethyl adjacent to an activating group) is 1. The molecule has 0 aliphatic carbocycles. The fraction of sp³-hybridized carbons (Fsp3) is 0.547. The van der Waals surface area contributed by atoms with Gasteiger partial charge in [-0.05, 0) is 91.5 Å². The van der Waals surface area contributed by atoms with E-state index >= 15 is 8.78 Å². The summed E-state index contributed by atoms with van der Waals surface area (Å²) in [4.78, 5) is 78.0. The molecule has 4 aliphatic heterocycles. The van der Waals surface area contributed by atoms with Crippen LogP contribution in [0.5, 0.6) is 0 Å². The number of alkyl carbamates (subject to hydrolysis) is 1. The number of hydrogen-bond acceptors (Lipinski definition) is 11. The normalized spacial score (nSPS) is 23.3. The molecule has 4 aliphatic rings. The van der Waals surface area contributed by atoms with Crippen molar-refractivity contribution < 1.29 is 47.3 Å². The average Bonchev–Trinajstić information content (AvgIpc) is 4.23. The van der Waals surface area contributed by atoms with Crippen molar-refractivity contribution in [1.29, 1.82) is 0 Å². The van der Waals surface area contributed by atoms with Gasteiger partial charge in [0.25, 0.3) is 0 Å². The highest BCUT2D eigenvalue weighted by Gasteiger charge is 2.45. The summed E-state index contributed by atoms with van der Waals surface area (Å²) in [6, 6.07) is 11.4. The molecule has 8 atom stereocenters. The van der Waals surface area contributed by atoms with Gasteiger partial charge >= 0.3 is 12.2 Å². The Morgan fingerprint density at radius 3 is 1.68 bits per heavy atom. The third-order valence-electron chi connectivity index (χ3n) is 15.6. The van der Waals surface area contributed by atoms with Gasteiger partial charge in [0.1, 0.15) is 29.4 Å². The second kappa shape index (κ2) is 21.1. The van der Waals surface area contributed by atoms with Gasteiger partial charge in [0.15, 0.2) is 11.6 Å². The zero-order valence-electron chi connectivity index (χ0n) is 42.9. The molecule has 3 aromatic carbocycles. The van der Waals surface area contributed by atoms with Gasteiger partial charge in [-0.2, -0.15) is 0 Å². The Morgan fingerprint density at radius 1 is 0.726 bits per heavy atom. The molecule has 4 fully saturated rings. The van der Waals surface area contributed by atoms with Crippen LogP contribution in [0.15, 0.2) is 48.5 Å². The van der Waals surface area contributed by atoms with E-state index in [9.17, 15) is 24.3 Å². The number of methoxy groups -OCH3 is 3. The number of amides is 4. The van der Waals surface area contributed by atoms with E-state index in [2.05, 4.69) is 20.2 Å². The fourth-order valence-electron chi connectivity index (χ4n) is 11.8. The predicted molar refractivity (Wildman–Crippen MR) is 270 cm³/mol. The number of nitrogens with one attached hydrogen (secondary N) is 3. The molecule has 2 aromatic heterocycles. The lowest BCUT2D eigenvalue weighted by Crippen LogP contribution is -2.51. The molecule has 4 N–H and O–H groups in total. The Hall–Kier alpha value is -6.54. The number of anilines is 2. The molecule has 18 nitrogen and oxygen atoms in total. The van der Waals surface area contributed by atoms with Crippen LogP contribution in [0.2, 0.25) is 0 Å². The first-order valence-electron chi connectivity index (χ1n) is 25.5. The Morgan fingerprint density at radius 2 is 1.23 bits per heavy atom. The van der Waals surface area contributed by atoms with Crippen molar-refractivity contribution in [3.05, 3.63) is 82.9 Å². The van der Waals surface area contributed by atoms with Crippen LogP contribution in [-0.2, 0) is 23.8 Å². The summed E-state index contributed by atoms with van der Waals surface area (Å²) < 4.78 is 49.3. The number of imidazole rings is 2. The van der Waals surface area contributed by atoms with Gasteiger partial charge < -0.3 is 54.2 Å². The third kappa shape index (κ3) is 9.99. The van der Waals surface area contributed by atoms with Crippen molar-refractivity contribution in [3.8, 4) is 0 Å². The second-order valence-electron chi connectivity index (χ2n) is 20.8. The van der Waals surface area contributed by atoms with Crippen LogP contribution in [-0.4, -0.2) is 143 Å². The highest BCUT2D eigenvalue weighted by Crippen LogP contribution is 2.49. The second-order valence-corrected chi connectivity index (χ2v) is 20.8. The number of aromatic amines is 2. The largest absolute Gasteiger partial charge is 0.465 e. The molecular formula is C53H68F2N10O8. The van der Waals surface area contributed by atoms with Gasteiger partial charge in [-0.25, -0.2) is 28.3 Å². The molecule has 20 heteroatoms. The minimum absolute atomic E-state index is 0.00558. The summed E-state index contributed by atoms with van der Waals surface area (Å²) in [5, 5.41) is 12.6. The maximum absolute atomic E-state index is 16.5. The van der Waals surface area contributed by atoms with E-state index in [4.69, 9.17) is 24.2 Å². The highest BCUT2D eigenvalue weighted by molar-refractivity contribution is 5.88. The molecule has 392 valence electrons. The molecule has 5 aromatic rings. The predicted octanol–water partition coefficient (Wildman–Crippen LogP) is 8.38. The number of ether oxygens (including phenoxy) is 3. The average molecular weight is 1010 g/mol. The zero-order chi connectivity index (χ0) is 52.0. The number of H-pyrrole nitrogens is 2. The van der Waals surface area contributed by atoms with Gasteiger partial charge in [0.2, 0.25) is 11.8 Å². The summed E-state index contributed by atoms with van der Waals surface area (Å²) in [5.74, 6) is -1.23. The number of rotatable bonds is 14. The highest BCUT2D eigenvalue weighted by atomic mass is 19.1. The summed E-state index contributed by atoms with van der Waals surface area (Å²) in [7, 11) is 5.87. The quantitative estimate of drug-likeness (QED) is 0.0829. The topological polar surface area (TPSA) is 202 Å². The van der Waals surface area contributed by atoms with Crippen LogP contribution in [0.3, 0.4) is 0 Å². The standard InChI is InChI=1S/C53H68F2N10O8/c1-28(2)45(60-52(68)73-8)50(66)63-26-33(71-6)24-43(63)48-56-37-14-12-30(20-39(37)58-48)41-16-17-42(65(41)32-22-35(54)47(36(55)23-32)62-18-10-9-11-19-62)31-13-15-38-40(21-31)59-49(57-38)44-25-34(72-7)27-64(44)51(67)46(29(3)4)61(5)53(69)70/h12-15,20-23,28-29,33-34,41-46H,9-11,16-19,24-27H2,1-8H3,(H,56,58)(H,57,59)(H,60,68)(H,69,70)/t33-,34-,41+,42+,43-,44-,45-,46-/m0/s1. The van der Waals surface area contributed by atoms with Crippen LogP contribution < -0.4 is 15.1 Å². The summed E-state index contributed by atoms with van der Waals surface area (Å²) >= 11 is 0. The number of carbonyl (C=O) groups is 4. The minimum atomic E-state index is -1.19. The summed E-state index contributed by atoms with van der Waals surface area (Å²) in [5.41, 5.74) is 4.98. The minimum Gasteiger partial charge on any atom is -0.465 e. The van der Waals surface area contributed by atoms with E-state index in [-0.39, 0.29) is 60.2 Å². The number of benzene rings is 3. The number of carbonyl (C=O) groups excluding carboxylic acids is 3. The van der Waals surface area contributed by atoms with Crippen molar-refractivity contribution in [1.82, 2.24) is 40.0 Å². The number of fused-ring (bicyclic) bond motifs is 2. The number of piperidine rings is 1. The van der Waals surface area contributed by atoms with E-state index in [0.717, 1.165) is 40.8 Å². The van der Waals surface area contributed by atoms with E-state index in [1.54, 1.807) is 28.9 Å². The first-order valence-corrected chi connectivity index (χ1v) is 25.5. The maximum atomic E-state index is 16.5. The molecule has 0 saturated carbocycles. The number of likely N-dealkylation sites (tertiary alicyclic amines) is 2. The van der Waals surface area contributed by atoms with Crippen molar-refractivity contribution in [3.63, 3.8) is 0 Å². The monoisotopic (exact) mass is 1010 g/mol. The number of carboxylic acid groups (broad SMARTS) is 1. The Labute approximate surface area is 423 Å². The lowest BCUT2D eigenvalue weighted by Gasteiger charge is -2.35. The molecule has 73 heavy (non-hydrogen) atoms. The molecule has 4 saturated heterocycles. The van der Waals surface area contributed by atoms with Crippen LogP contribution >= 0.6 is 0 Å². The van der Waals surface area contributed by atoms with Crippen molar-refractivity contribution in [2.75, 3.05) is 64.4 Å². The van der Waals surface area contributed by atoms with Crippen molar-refractivity contribution >= 4 is 57.4 Å². The van der Waals surface area contributed by atoms with Crippen molar-refractivity contribution in [2.45, 2.75) is 121 Å². The van der Waals surface area contributed by atoms with E-state index in [0.29, 0.717) is 79.2 Å². The van der Waals surface area contributed by atoms with Crippen LogP contribution in [0.1, 0.15) is 120 Å². The number of nitrogens with zero attached hydrogens (tertiary/aromatic N) is 7. The Kier molecular flexibility index (Phi) is 14.9. The lowest BCUT2D eigenvalue weighted by atomic mass is 10.0. The number of hydrogen-bond donors (Lipinski definition) is 4. The Bertz CT molecular complexity index is 2830. The van der Waals surface area contributed by atoms with Gasteiger partial charge in [0.05, 0.1) is 65.6 Å². The van der Waals surface area contributed by atoms with Gasteiger partial charge in [-0.15, -0.1) is 0 Å². The summed E-state index contributed by atoms with van der Waals surface area (Å²) in [6.07, 6.45) is 2.53. The van der Waals surface area contributed by atoms with Crippen molar-refractivity contribution in [2.24, 2.45) is 11.8 Å². The molecule has 0 bridgehead atoms. The van der Waals surface area contributed by atoms with Crippen LogP contribution in [0.25, 0.3) is 22.1 Å². The maximum Gasteiger partial charge on any atom is 0.407 e. The molecule has 6 heterocycles. The van der Waals surface area contributed by atoms with Gasteiger partial charge in [0, 0.05) is 66.0 Å². The Balaban J connectivity index is 1.06. The smallest absolute Gasteiger partial charge is 0.407 e. The zero-order valence-corrected chi connectivity index (χ0v) is 42.9. The molecule has 0 unspecified atom stereocenters. The number of halogens is 2. The molecular weight excluding hydrogens is 943 g/mol. The third-order valence-corrected chi connectivity index (χ3v) is 15.6. The molecule has 0 radical (unpaired) electrons. The van der Waals surface area contributed by atoms with E-state index in [1.807, 2.05) is 64.1 Å². The molecule has 0 spiro atoms. The first kappa shape index (κ1) is 51.4. The van der Waals surface area contributed by atoms with Crippen LogP contribution in [0, 0.1) is 23.5 Å². The fourth-order valence-corrected chi connectivity index (χ4v) is 11.8. The van der Waals surface area contributed by atoms with E-state index in [1.165, 1.54) is 26.3 Å². The van der Waals surface area contributed by atoms with E-state index < -0.39 is 48.0 Å². The molecule has 9 rings (SSSR count). The number of aromatic nitrogens is 4. The first-order chi connectivity index (χ1) is 35.0.